The van der Waals surface area contributed by atoms with Gasteiger partial charge in [-0.05, 0) is 55.8 Å². The zero-order valence-corrected chi connectivity index (χ0v) is 17.2. The molecule has 0 bridgehead atoms. The van der Waals surface area contributed by atoms with Crippen LogP contribution in [0.4, 0.5) is 5.69 Å². The fourth-order valence-corrected chi connectivity index (χ4v) is 3.71. The first-order chi connectivity index (χ1) is 14.6. The molecule has 154 valence electrons. The van der Waals surface area contributed by atoms with E-state index in [1.807, 2.05) is 19.2 Å². The Morgan fingerprint density at radius 3 is 2.77 bits per heavy atom. The number of methoxy groups -OCH3 is 1. The van der Waals surface area contributed by atoms with Crippen molar-refractivity contribution < 1.29 is 9.53 Å². The Bertz CT molecular complexity index is 1010. The molecule has 1 aromatic carbocycles. The second-order valence-electron chi connectivity index (χ2n) is 7.49. The van der Waals surface area contributed by atoms with Crippen LogP contribution >= 0.6 is 0 Å². The Kier molecular flexibility index (Phi) is 5.99. The molecule has 2 aromatic heterocycles. The summed E-state index contributed by atoms with van der Waals surface area (Å²) in [6.45, 7) is 4.65. The molecule has 1 aliphatic rings. The molecule has 0 unspecified atom stereocenters. The Hall–Kier alpha value is -3.32. The number of nitrogens with one attached hydrogen (secondary N) is 1. The second-order valence-corrected chi connectivity index (χ2v) is 7.49. The summed E-state index contributed by atoms with van der Waals surface area (Å²) in [5.41, 5.74) is 3.09. The van der Waals surface area contributed by atoms with Crippen molar-refractivity contribution in [3.8, 4) is 5.75 Å². The van der Waals surface area contributed by atoms with Crippen LogP contribution in [0.2, 0.25) is 0 Å². The number of hydrogen-bond acceptors (Lipinski definition) is 6. The van der Waals surface area contributed by atoms with Crippen LogP contribution in [0.25, 0.3) is 0 Å². The Balaban J connectivity index is 1.39. The van der Waals surface area contributed by atoms with Crippen molar-refractivity contribution in [2.24, 2.45) is 0 Å². The van der Waals surface area contributed by atoms with Crippen LogP contribution in [0.5, 0.6) is 5.75 Å². The third kappa shape index (κ3) is 4.63. The summed E-state index contributed by atoms with van der Waals surface area (Å²) >= 11 is 0. The first-order valence-electron chi connectivity index (χ1n) is 10.0. The van der Waals surface area contributed by atoms with E-state index in [9.17, 15) is 4.79 Å². The lowest BCUT2D eigenvalue weighted by atomic mass is 10.1. The number of rotatable bonds is 6. The Morgan fingerprint density at radius 1 is 1.23 bits per heavy atom. The van der Waals surface area contributed by atoms with E-state index in [0.29, 0.717) is 16.9 Å². The number of ether oxygens (including phenoxy) is 1. The Labute approximate surface area is 176 Å². The summed E-state index contributed by atoms with van der Waals surface area (Å²) in [7, 11) is 1.61. The van der Waals surface area contributed by atoms with E-state index in [4.69, 9.17) is 4.74 Å². The molecule has 1 fully saturated rings. The number of nitrogens with zero attached hydrogens (tertiary/aromatic N) is 4. The minimum atomic E-state index is -0.214. The summed E-state index contributed by atoms with van der Waals surface area (Å²) in [6.07, 6.45) is 6.35. The molecule has 1 N–H and O–H groups in total. The molecule has 4 rings (SSSR count). The third-order valence-corrected chi connectivity index (χ3v) is 5.36. The number of anilines is 1. The minimum Gasteiger partial charge on any atom is -0.497 e. The lowest BCUT2D eigenvalue weighted by Gasteiger charge is -2.16. The van der Waals surface area contributed by atoms with E-state index < -0.39 is 0 Å². The van der Waals surface area contributed by atoms with Crippen molar-refractivity contribution in [2.45, 2.75) is 25.8 Å². The van der Waals surface area contributed by atoms with Crippen LogP contribution < -0.4 is 10.1 Å². The zero-order chi connectivity index (χ0) is 20.9. The number of amides is 1. The lowest BCUT2D eigenvalue weighted by molar-refractivity contribution is 0.102. The van der Waals surface area contributed by atoms with Crippen LogP contribution in [0.1, 0.15) is 39.8 Å². The van der Waals surface area contributed by atoms with Crippen molar-refractivity contribution >= 4 is 11.6 Å². The predicted octanol–water partition coefficient (Wildman–Crippen LogP) is 3.43. The molecular weight excluding hydrogens is 378 g/mol. The molecule has 7 heteroatoms. The van der Waals surface area contributed by atoms with E-state index >= 15 is 0 Å². The highest BCUT2D eigenvalue weighted by Gasteiger charge is 2.26. The number of carbonyl (C=O) groups is 1. The smallest absolute Gasteiger partial charge is 0.259 e. The third-order valence-electron chi connectivity index (χ3n) is 5.36. The maximum absolute atomic E-state index is 12.6. The fraction of sp³-hybridized carbons (Fsp3) is 0.304. The maximum atomic E-state index is 12.6. The van der Waals surface area contributed by atoms with Crippen LogP contribution in [0.15, 0.2) is 55.0 Å². The quantitative estimate of drug-likeness (QED) is 0.679. The largest absolute Gasteiger partial charge is 0.497 e. The van der Waals surface area contributed by atoms with E-state index in [2.05, 4.69) is 31.2 Å². The van der Waals surface area contributed by atoms with Crippen molar-refractivity contribution in [3.05, 3.63) is 77.6 Å². The molecule has 0 spiro atoms. The predicted molar refractivity (Wildman–Crippen MR) is 115 cm³/mol. The topological polar surface area (TPSA) is 80.2 Å². The molecule has 1 amide bonds. The average molecular weight is 403 g/mol. The molecular formula is C23H25N5O2. The summed E-state index contributed by atoms with van der Waals surface area (Å²) < 4.78 is 5.14. The number of likely N-dealkylation sites (tertiary alicyclic amines) is 1. The minimum absolute atomic E-state index is 0.214. The van der Waals surface area contributed by atoms with E-state index in [-0.39, 0.29) is 11.8 Å². The van der Waals surface area contributed by atoms with E-state index in [0.717, 1.165) is 37.6 Å². The number of aryl methyl sites for hydroxylation is 1. The monoisotopic (exact) mass is 403 g/mol. The molecule has 3 aromatic rings. The van der Waals surface area contributed by atoms with Crippen molar-refractivity contribution in [2.75, 3.05) is 25.5 Å². The summed E-state index contributed by atoms with van der Waals surface area (Å²) in [6, 6.07) is 11.3. The Morgan fingerprint density at radius 2 is 2.07 bits per heavy atom. The number of aromatic nitrogens is 3. The van der Waals surface area contributed by atoms with Gasteiger partial charge in [0, 0.05) is 43.3 Å². The molecule has 7 nitrogen and oxygen atoms in total. The van der Waals surface area contributed by atoms with Crippen molar-refractivity contribution in [3.63, 3.8) is 0 Å². The highest BCUT2D eigenvalue weighted by Crippen LogP contribution is 2.26. The van der Waals surface area contributed by atoms with Gasteiger partial charge in [-0.2, -0.15) is 0 Å². The molecule has 3 heterocycles. The normalized spacial score (nSPS) is 16.4. The van der Waals surface area contributed by atoms with Gasteiger partial charge in [-0.15, -0.1) is 0 Å². The molecule has 1 aliphatic heterocycles. The molecule has 0 radical (unpaired) electrons. The van der Waals surface area contributed by atoms with E-state index in [1.54, 1.807) is 43.8 Å². The van der Waals surface area contributed by atoms with E-state index in [1.165, 1.54) is 5.56 Å². The standard InChI is InChI=1S/C23H25N5O2/c1-16-21(23(29)27-19-5-7-20(30-2)8-6-19)13-25-22(26-16)18-9-11-28(15-18)14-17-4-3-10-24-12-17/h3-8,10,12-13,18H,9,11,14-15H2,1-2H3,(H,27,29)/t18-/m1/s1. The fourth-order valence-electron chi connectivity index (χ4n) is 3.71. The lowest BCUT2D eigenvalue weighted by Crippen LogP contribution is -2.21. The van der Waals surface area contributed by atoms with Gasteiger partial charge in [0.2, 0.25) is 0 Å². The first-order valence-corrected chi connectivity index (χ1v) is 10.0. The first kappa shape index (κ1) is 20.0. The van der Waals surface area contributed by atoms with Gasteiger partial charge in [0.05, 0.1) is 18.4 Å². The van der Waals surface area contributed by atoms with Gasteiger partial charge in [0.25, 0.3) is 5.91 Å². The second kappa shape index (κ2) is 9.00. The maximum Gasteiger partial charge on any atom is 0.259 e. The number of carbonyl (C=O) groups excluding carboxylic acids is 1. The van der Waals surface area contributed by atoms with Crippen LogP contribution in [0, 0.1) is 6.92 Å². The van der Waals surface area contributed by atoms with Gasteiger partial charge in [-0.25, -0.2) is 9.97 Å². The van der Waals surface area contributed by atoms with Crippen LogP contribution in [-0.2, 0) is 6.54 Å². The number of hydrogen-bond donors (Lipinski definition) is 1. The number of pyridine rings is 1. The highest BCUT2D eigenvalue weighted by molar-refractivity contribution is 6.04. The summed E-state index contributed by atoms with van der Waals surface area (Å²) in [5.74, 6) is 1.61. The molecule has 0 saturated carbocycles. The molecule has 30 heavy (non-hydrogen) atoms. The summed E-state index contributed by atoms with van der Waals surface area (Å²) in [5, 5.41) is 2.89. The van der Waals surface area contributed by atoms with Gasteiger partial charge >= 0.3 is 0 Å². The van der Waals surface area contributed by atoms with Gasteiger partial charge in [-0.1, -0.05) is 6.07 Å². The van der Waals surface area contributed by atoms with Crippen molar-refractivity contribution in [1.29, 1.82) is 0 Å². The van der Waals surface area contributed by atoms with Gasteiger partial charge < -0.3 is 10.1 Å². The van der Waals surface area contributed by atoms with Gasteiger partial charge in [0.1, 0.15) is 11.6 Å². The van der Waals surface area contributed by atoms with Crippen molar-refractivity contribution in [1.82, 2.24) is 19.9 Å². The average Bonchev–Trinajstić information content (AvgIpc) is 3.23. The molecule has 1 saturated heterocycles. The van der Waals surface area contributed by atoms with Crippen LogP contribution in [-0.4, -0.2) is 46.0 Å². The van der Waals surface area contributed by atoms with Crippen LogP contribution in [0.3, 0.4) is 0 Å². The van der Waals surface area contributed by atoms with Gasteiger partial charge in [0.15, 0.2) is 0 Å². The number of benzene rings is 1. The molecule has 0 aliphatic carbocycles. The van der Waals surface area contributed by atoms with Gasteiger partial charge in [-0.3, -0.25) is 14.7 Å². The summed E-state index contributed by atoms with van der Waals surface area (Å²) in [4.78, 5) is 28.4. The zero-order valence-electron chi connectivity index (χ0n) is 17.2. The molecule has 1 atom stereocenters. The highest BCUT2D eigenvalue weighted by atomic mass is 16.5. The SMILES string of the molecule is COc1ccc(NC(=O)c2cnc([C@@H]3CCN(Cc4cccnc4)C3)nc2C)cc1.